The van der Waals surface area contributed by atoms with Gasteiger partial charge in [-0.25, -0.2) is 0 Å². The summed E-state index contributed by atoms with van der Waals surface area (Å²) in [7, 11) is 0. The van der Waals surface area contributed by atoms with E-state index in [1.165, 1.54) is 0 Å². The van der Waals surface area contributed by atoms with Crippen LogP contribution < -0.4 is 10.2 Å². The molecule has 0 unspecified atom stereocenters. The first-order chi connectivity index (χ1) is 9.61. The van der Waals surface area contributed by atoms with Crippen molar-refractivity contribution in [3.8, 4) is 11.3 Å². The average molecular weight is 269 g/mol. The summed E-state index contributed by atoms with van der Waals surface area (Å²) in [6.45, 7) is 0.604. The molecule has 1 aliphatic rings. The van der Waals surface area contributed by atoms with Crippen molar-refractivity contribution >= 4 is 11.9 Å². The maximum Gasteiger partial charge on any atom is 0.0743 e. The standard InChI is InChI=1S/C15H13NO4/c17-14(18)11-10-7-4-8-16(10)13(12(11)15(19)20)9-5-2-1-3-6-9/h1-3,5-6H,4,7-8H2,(H,17,18)(H,19,20)/p-2. The van der Waals surface area contributed by atoms with Crippen LogP contribution in [0.25, 0.3) is 11.3 Å². The van der Waals surface area contributed by atoms with Gasteiger partial charge in [0.15, 0.2) is 0 Å². The van der Waals surface area contributed by atoms with E-state index in [1.54, 1.807) is 28.8 Å². The number of hydrogen-bond acceptors (Lipinski definition) is 4. The summed E-state index contributed by atoms with van der Waals surface area (Å²) in [6, 6.07) is 8.89. The fraction of sp³-hybridized carbons (Fsp3) is 0.200. The van der Waals surface area contributed by atoms with Gasteiger partial charge >= 0.3 is 0 Å². The molecule has 0 atom stereocenters. The molecule has 2 heterocycles. The van der Waals surface area contributed by atoms with E-state index in [9.17, 15) is 19.8 Å². The summed E-state index contributed by atoms with van der Waals surface area (Å²) < 4.78 is 1.76. The monoisotopic (exact) mass is 269 g/mol. The Morgan fingerprint density at radius 2 is 1.65 bits per heavy atom. The number of aromatic nitrogens is 1. The molecule has 1 aromatic carbocycles. The molecule has 0 bridgehead atoms. The van der Waals surface area contributed by atoms with E-state index in [2.05, 4.69) is 0 Å². The Balaban J connectivity index is 2.37. The van der Waals surface area contributed by atoms with Crippen molar-refractivity contribution in [2.75, 3.05) is 0 Å². The van der Waals surface area contributed by atoms with Gasteiger partial charge in [0.05, 0.1) is 17.6 Å². The minimum Gasteiger partial charge on any atom is -0.545 e. The van der Waals surface area contributed by atoms with Crippen LogP contribution in [0, 0.1) is 0 Å². The molecule has 5 heteroatoms. The number of aromatic carboxylic acids is 2. The number of rotatable bonds is 3. The fourth-order valence-corrected chi connectivity index (χ4v) is 2.89. The van der Waals surface area contributed by atoms with Crippen LogP contribution in [-0.4, -0.2) is 16.5 Å². The average Bonchev–Trinajstić information content (AvgIpc) is 2.97. The van der Waals surface area contributed by atoms with Crippen LogP contribution >= 0.6 is 0 Å². The van der Waals surface area contributed by atoms with Gasteiger partial charge in [-0.2, -0.15) is 0 Å². The quantitative estimate of drug-likeness (QED) is 0.774. The van der Waals surface area contributed by atoms with Crippen LogP contribution in [0.4, 0.5) is 0 Å². The molecule has 102 valence electrons. The Morgan fingerprint density at radius 1 is 1.00 bits per heavy atom. The van der Waals surface area contributed by atoms with Gasteiger partial charge in [0, 0.05) is 23.4 Å². The van der Waals surface area contributed by atoms with Crippen molar-refractivity contribution < 1.29 is 19.8 Å². The Bertz CT molecular complexity index is 700. The van der Waals surface area contributed by atoms with Crippen LogP contribution in [-0.2, 0) is 13.0 Å². The fourth-order valence-electron chi connectivity index (χ4n) is 2.89. The Hall–Kier alpha value is -2.56. The highest BCUT2D eigenvalue weighted by Gasteiger charge is 2.27. The number of hydrogen-bond donors (Lipinski definition) is 0. The van der Waals surface area contributed by atoms with Gasteiger partial charge in [0.25, 0.3) is 0 Å². The lowest BCUT2D eigenvalue weighted by molar-refractivity contribution is -0.259. The lowest BCUT2D eigenvalue weighted by Crippen LogP contribution is -2.30. The van der Waals surface area contributed by atoms with Gasteiger partial charge < -0.3 is 24.4 Å². The van der Waals surface area contributed by atoms with Crippen molar-refractivity contribution in [2.45, 2.75) is 19.4 Å². The van der Waals surface area contributed by atoms with Gasteiger partial charge in [-0.1, -0.05) is 30.3 Å². The number of carbonyl (C=O) groups is 2. The normalized spacial score (nSPS) is 13.2. The number of fused-ring (bicyclic) bond motifs is 1. The second-order valence-corrected chi connectivity index (χ2v) is 4.74. The highest BCUT2D eigenvalue weighted by atomic mass is 16.4. The summed E-state index contributed by atoms with van der Waals surface area (Å²) >= 11 is 0. The summed E-state index contributed by atoms with van der Waals surface area (Å²) in [4.78, 5) is 22.7. The molecule has 1 aromatic heterocycles. The van der Waals surface area contributed by atoms with Gasteiger partial charge in [-0.3, -0.25) is 0 Å². The first kappa shape index (κ1) is 12.5. The molecule has 0 amide bonds. The van der Waals surface area contributed by atoms with E-state index >= 15 is 0 Å². The number of carbonyl (C=O) groups excluding carboxylic acids is 2. The maximum atomic E-state index is 11.4. The molecule has 1 aliphatic heterocycles. The van der Waals surface area contributed by atoms with E-state index in [0.717, 1.165) is 6.42 Å². The maximum absolute atomic E-state index is 11.4. The molecule has 0 saturated heterocycles. The summed E-state index contributed by atoms with van der Waals surface area (Å²) in [5, 5.41) is 22.7. The molecule has 5 nitrogen and oxygen atoms in total. The predicted molar refractivity (Wildman–Crippen MR) is 66.9 cm³/mol. The molecule has 0 spiro atoms. The molecule has 0 fully saturated rings. The lowest BCUT2D eigenvalue weighted by Gasteiger charge is -2.12. The summed E-state index contributed by atoms with van der Waals surface area (Å²) in [5.74, 6) is -2.94. The molecule has 0 N–H and O–H groups in total. The second-order valence-electron chi connectivity index (χ2n) is 4.74. The van der Waals surface area contributed by atoms with Crippen LogP contribution in [0.5, 0.6) is 0 Å². The van der Waals surface area contributed by atoms with Crippen molar-refractivity contribution in [2.24, 2.45) is 0 Å². The number of carboxylic acids is 2. The third kappa shape index (κ3) is 1.71. The molecular formula is C15H11NO4-2. The SMILES string of the molecule is O=C([O-])c1c(C(=O)[O-])c(-c2ccccc2)n2c1CCC2. The summed E-state index contributed by atoms with van der Waals surface area (Å²) in [6.07, 6.45) is 1.33. The van der Waals surface area contributed by atoms with E-state index < -0.39 is 11.9 Å². The molecule has 0 aliphatic carbocycles. The largest absolute Gasteiger partial charge is 0.545 e. The Morgan fingerprint density at radius 3 is 2.25 bits per heavy atom. The van der Waals surface area contributed by atoms with Crippen molar-refractivity contribution in [1.82, 2.24) is 4.57 Å². The molecular weight excluding hydrogens is 258 g/mol. The lowest BCUT2D eigenvalue weighted by atomic mass is 10.0. The van der Waals surface area contributed by atoms with Gasteiger partial charge in [-0.05, 0) is 18.4 Å². The van der Waals surface area contributed by atoms with E-state index in [0.29, 0.717) is 29.9 Å². The van der Waals surface area contributed by atoms with Crippen molar-refractivity contribution in [3.05, 3.63) is 47.2 Å². The smallest absolute Gasteiger partial charge is 0.0743 e. The minimum atomic E-state index is -1.48. The van der Waals surface area contributed by atoms with Crippen LogP contribution in [0.1, 0.15) is 32.8 Å². The molecule has 2 aromatic rings. The zero-order valence-electron chi connectivity index (χ0n) is 10.6. The van der Waals surface area contributed by atoms with Gasteiger partial charge in [0.2, 0.25) is 0 Å². The first-order valence-electron chi connectivity index (χ1n) is 6.34. The van der Waals surface area contributed by atoms with E-state index in [4.69, 9.17) is 0 Å². The van der Waals surface area contributed by atoms with Crippen molar-refractivity contribution in [3.63, 3.8) is 0 Å². The van der Waals surface area contributed by atoms with E-state index in [1.807, 2.05) is 6.07 Å². The summed E-state index contributed by atoms with van der Waals surface area (Å²) in [5.41, 5.74) is 1.08. The molecule has 3 rings (SSSR count). The second kappa shape index (κ2) is 4.52. The van der Waals surface area contributed by atoms with Gasteiger partial charge in [0.1, 0.15) is 0 Å². The predicted octanol–water partition coefficient (Wildman–Crippen LogP) is -0.172. The Kier molecular flexibility index (Phi) is 2.82. The molecule has 20 heavy (non-hydrogen) atoms. The van der Waals surface area contributed by atoms with Crippen LogP contribution in [0.15, 0.2) is 30.3 Å². The van der Waals surface area contributed by atoms with Crippen molar-refractivity contribution in [1.29, 1.82) is 0 Å². The number of nitrogens with zero attached hydrogens (tertiary/aromatic N) is 1. The topological polar surface area (TPSA) is 85.2 Å². The van der Waals surface area contributed by atoms with Gasteiger partial charge in [-0.15, -0.1) is 0 Å². The number of benzene rings is 1. The first-order valence-corrected chi connectivity index (χ1v) is 6.34. The molecule has 0 saturated carbocycles. The Labute approximate surface area is 115 Å². The third-order valence-corrected chi connectivity index (χ3v) is 3.62. The zero-order chi connectivity index (χ0) is 14.3. The van der Waals surface area contributed by atoms with Crippen LogP contribution in [0.3, 0.4) is 0 Å². The zero-order valence-corrected chi connectivity index (χ0v) is 10.6. The highest BCUT2D eigenvalue weighted by Crippen LogP contribution is 2.35. The van der Waals surface area contributed by atoms with Crippen LogP contribution in [0.2, 0.25) is 0 Å². The third-order valence-electron chi connectivity index (χ3n) is 3.62. The molecule has 0 radical (unpaired) electrons. The van der Waals surface area contributed by atoms with E-state index in [-0.39, 0.29) is 11.1 Å². The highest BCUT2D eigenvalue weighted by molar-refractivity contribution is 6.06. The minimum absolute atomic E-state index is 0.235. The number of carboxylic acid groups (broad SMARTS) is 2.